The number of nitrogens with one attached hydrogen (secondary N) is 1. The third-order valence-electron chi connectivity index (χ3n) is 4.19. The van der Waals surface area contributed by atoms with E-state index in [-0.39, 0.29) is 12.1 Å². The van der Waals surface area contributed by atoms with Crippen LogP contribution in [0.3, 0.4) is 0 Å². The summed E-state index contributed by atoms with van der Waals surface area (Å²) in [6, 6.07) is 10.1. The minimum Gasteiger partial charge on any atom is -0.394 e. The first kappa shape index (κ1) is 14.2. The maximum absolute atomic E-state index is 9.57. The number of aliphatic hydroxyl groups is 1. The number of benzene rings is 1. The quantitative estimate of drug-likeness (QED) is 0.851. The number of hydrogen-bond acceptors (Lipinski definition) is 5. The third kappa shape index (κ3) is 3.49. The van der Waals surface area contributed by atoms with Crippen molar-refractivity contribution in [3.8, 4) is 0 Å². The van der Waals surface area contributed by atoms with Gasteiger partial charge in [-0.25, -0.2) is 0 Å². The first-order chi connectivity index (χ1) is 10.3. The molecule has 112 valence electrons. The molecule has 0 unspecified atom stereocenters. The molecule has 1 saturated carbocycles. The summed E-state index contributed by atoms with van der Waals surface area (Å²) in [5.41, 5.74) is 1.01. The lowest BCUT2D eigenvalue weighted by Crippen LogP contribution is -2.45. The van der Waals surface area contributed by atoms with Gasteiger partial charge in [0.05, 0.1) is 13.2 Å². The van der Waals surface area contributed by atoms with Gasteiger partial charge in [-0.1, -0.05) is 48.3 Å². The zero-order chi connectivity index (χ0) is 14.5. The molecular formula is C16H21N3O2. The molecule has 2 aromatic rings. The van der Waals surface area contributed by atoms with Gasteiger partial charge in [-0.05, 0) is 18.4 Å². The maximum Gasteiger partial charge on any atom is 0.240 e. The number of nitrogens with zero attached hydrogens (tertiary/aromatic N) is 2. The average Bonchev–Trinajstić information content (AvgIpc) is 3.16. The standard InChI is InChI=1S/C16H21N3O2/c20-12-16(8-4-5-9-16)17-11-15-18-14(19-21-15)10-13-6-2-1-3-7-13/h1-3,6-7,17,20H,4-5,8-12H2. The summed E-state index contributed by atoms with van der Waals surface area (Å²) >= 11 is 0. The molecule has 1 fully saturated rings. The highest BCUT2D eigenvalue weighted by Crippen LogP contribution is 2.29. The van der Waals surface area contributed by atoms with Crippen LogP contribution in [0.5, 0.6) is 0 Å². The molecular weight excluding hydrogens is 266 g/mol. The highest BCUT2D eigenvalue weighted by molar-refractivity contribution is 5.18. The molecule has 0 radical (unpaired) electrons. The molecule has 5 heteroatoms. The van der Waals surface area contributed by atoms with Crippen LogP contribution in [-0.2, 0) is 13.0 Å². The molecule has 1 aromatic carbocycles. The second-order valence-electron chi connectivity index (χ2n) is 5.77. The summed E-state index contributed by atoms with van der Waals surface area (Å²) < 4.78 is 5.28. The Morgan fingerprint density at radius 1 is 1.19 bits per heavy atom. The fourth-order valence-electron chi connectivity index (χ4n) is 2.92. The molecule has 0 aliphatic heterocycles. The molecule has 1 heterocycles. The van der Waals surface area contributed by atoms with E-state index in [1.165, 1.54) is 5.56 Å². The van der Waals surface area contributed by atoms with Crippen molar-refractivity contribution < 1.29 is 9.63 Å². The Labute approximate surface area is 124 Å². The predicted molar refractivity (Wildman–Crippen MR) is 78.7 cm³/mol. The monoisotopic (exact) mass is 287 g/mol. The lowest BCUT2D eigenvalue weighted by Gasteiger charge is -2.27. The number of aromatic nitrogens is 2. The minimum absolute atomic E-state index is 0.159. The Balaban J connectivity index is 1.58. The average molecular weight is 287 g/mol. The van der Waals surface area contributed by atoms with Crippen LogP contribution in [0, 0.1) is 0 Å². The van der Waals surface area contributed by atoms with Gasteiger partial charge in [-0.2, -0.15) is 4.98 Å². The highest BCUT2D eigenvalue weighted by Gasteiger charge is 2.32. The number of aliphatic hydroxyl groups excluding tert-OH is 1. The van der Waals surface area contributed by atoms with Crippen LogP contribution >= 0.6 is 0 Å². The van der Waals surface area contributed by atoms with Crippen molar-refractivity contribution in [1.29, 1.82) is 0 Å². The van der Waals surface area contributed by atoms with Crippen LogP contribution in [-0.4, -0.2) is 27.4 Å². The van der Waals surface area contributed by atoms with Crippen LogP contribution < -0.4 is 5.32 Å². The lowest BCUT2D eigenvalue weighted by molar-refractivity contribution is 0.158. The molecule has 0 saturated heterocycles. The van der Waals surface area contributed by atoms with E-state index in [1.54, 1.807) is 0 Å². The van der Waals surface area contributed by atoms with E-state index in [0.717, 1.165) is 25.7 Å². The Morgan fingerprint density at radius 3 is 2.67 bits per heavy atom. The van der Waals surface area contributed by atoms with Crippen LogP contribution in [0.4, 0.5) is 0 Å². The zero-order valence-electron chi connectivity index (χ0n) is 12.1. The summed E-state index contributed by atoms with van der Waals surface area (Å²) in [4.78, 5) is 4.41. The highest BCUT2D eigenvalue weighted by atomic mass is 16.5. The molecule has 0 amide bonds. The Kier molecular flexibility index (Phi) is 4.31. The van der Waals surface area contributed by atoms with E-state index < -0.39 is 0 Å². The molecule has 0 atom stereocenters. The van der Waals surface area contributed by atoms with E-state index in [4.69, 9.17) is 4.52 Å². The number of rotatable bonds is 6. The summed E-state index contributed by atoms with van der Waals surface area (Å²) in [5, 5.41) is 17.0. The van der Waals surface area contributed by atoms with Gasteiger partial charge in [-0.3, -0.25) is 0 Å². The molecule has 0 spiro atoms. The second-order valence-corrected chi connectivity index (χ2v) is 5.77. The van der Waals surface area contributed by atoms with Crippen molar-refractivity contribution in [1.82, 2.24) is 15.5 Å². The SMILES string of the molecule is OCC1(NCc2nc(Cc3ccccc3)no2)CCCC1. The van der Waals surface area contributed by atoms with Crippen molar-refractivity contribution in [3.05, 3.63) is 47.6 Å². The van der Waals surface area contributed by atoms with Crippen LogP contribution in [0.25, 0.3) is 0 Å². The molecule has 3 rings (SSSR count). The summed E-state index contributed by atoms with van der Waals surface area (Å²) in [5.74, 6) is 1.28. The Morgan fingerprint density at radius 2 is 1.95 bits per heavy atom. The fourth-order valence-corrected chi connectivity index (χ4v) is 2.92. The van der Waals surface area contributed by atoms with E-state index in [9.17, 15) is 5.11 Å². The van der Waals surface area contributed by atoms with Gasteiger partial charge >= 0.3 is 0 Å². The fraction of sp³-hybridized carbons (Fsp3) is 0.500. The summed E-state index contributed by atoms with van der Waals surface area (Å²) in [6.07, 6.45) is 5.02. The van der Waals surface area contributed by atoms with E-state index in [1.807, 2.05) is 30.3 Å². The maximum atomic E-state index is 9.57. The topological polar surface area (TPSA) is 71.2 Å². The van der Waals surface area contributed by atoms with Gasteiger partial charge < -0.3 is 14.9 Å². The minimum atomic E-state index is -0.159. The van der Waals surface area contributed by atoms with Crippen molar-refractivity contribution in [2.45, 2.75) is 44.2 Å². The van der Waals surface area contributed by atoms with Gasteiger partial charge in [0.1, 0.15) is 0 Å². The Hall–Kier alpha value is -1.72. The van der Waals surface area contributed by atoms with E-state index >= 15 is 0 Å². The molecule has 0 bridgehead atoms. The first-order valence-electron chi connectivity index (χ1n) is 7.51. The zero-order valence-corrected chi connectivity index (χ0v) is 12.1. The molecule has 1 aliphatic rings. The van der Waals surface area contributed by atoms with Gasteiger partial charge in [-0.15, -0.1) is 0 Å². The lowest BCUT2D eigenvalue weighted by atomic mass is 9.99. The molecule has 5 nitrogen and oxygen atoms in total. The van der Waals surface area contributed by atoms with Gasteiger partial charge in [0.25, 0.3) is 0 Å². The van der Waals surface area contributed by atoms with Crippen LogP contribution in [0.1, 0.15) is 43.0 Å². The van der Waals surface area contributed by atoms with E-state index in [2.05, 4.69) is 15.5 Å². The van der Waals surface area contributed by atoms with Crippen molar-refractivity contribution in [3.63, 3.8) is 0 Å². The first-order valence-corrected chi connectivity index (χ1v) is 7.51. The van der Waals surface area contributed by atoms with Crippen molar-refractivity contribution >= 4 is 0 Å². The molecule has 21 heavy (non-hydrogen) atoms. The molecule has 2 N–H and O–H groups in total. The normalized spacial score (nSPS) is 17.2. The third-order valence-corrected chi connectivity index (χ3v) is 4.19. The van der Waals surface area contributed by atoms with Crippen molar-refractivity contribution in [2.24, 2.45) is 0 Å². The van der Waals surface area contributed by atoms with Gasteiger partial charge in [0.2, 0.25) is 5.89 Å². The van der Waals surface area contributed by atoms with E-state index in [0.29, 0.717) is 24.7 Å². The van der Waals surface area contributed by atoms with Crippen LogP contribution in [0.2, 0.25) is 0 Å². The van der Waals surface area contributed by atoms with Gasteiger partial charge in [0.15, 0.2) is 5.82 Å². The molecule has 1 aliphatic carbocycles. The van der Waals surface area contributed by atoms with Crippen molar-refractivity contribution in [2.75, 3.05) is 6.61 Å². The summed E-state index contributed by atoms with van der Waals surface area (Å²) in [6.45, 7) is 0.681. The van der Waals surface area contributed by atoms with Crippen LogP contribution in [0.15, 0.2) is 34.9 Å². The smallest absolute Gasteiger partial charge is 0.240 e. The summed E-state index contributed by atoms with van der Waals surface area (Å²) in [7, 11) is 0. The number of hydrogen-bond donors (Lipinski definition) is 2. The second kappa shape index (κ2) is 6.37. The molecule has 1 aromatic heterocycles. The predicted octanol–water partition coefficient (Wildman–Crippen LogP) is 2.06. The van der Waals surface area contributed by atoms with Gasteiger partial charge in [0, 0.05) is 12.0 Å². The Bertz CT molecular complexity index is 562. The largest absolute Gasteiger partial charge is 0.394 e.